The molecule has 2 aromatic rings. The van der Waals surface area contributed by atoms with Crippen LogP contribution in [-0.2, 0) is 23.2 Å². The average Bonchev–Trinajstić information content (AvgIpc) is 2.82. The number of amides is 1. The number of benzene rings is 1. The van der Waals surface area contributed by atoms with Gasteiger partial charge in [-0.2, -0.15) is 9.36 Å². The van der Waals surface area contributed by atoms with Crippen LogP contribution in [-0.4, -0.2) is 37.5 Å². The van der Waals surface area contributed by atoms with Crippen LogP contribution in [0.5, 0.6) is 0 Å². The zero-order chi connectivity index (χ0) is 17.4. The van der Waals surface area contributed by atoms with Crippen LogP contribution < -0.4 is 11.4 Å². The first kappa shape index (κ1) is 14.7. The third kappa shape index (κ3) is 1.27. The summed E-state index contributed by atoms with van der Waals surface area (Å²) in [5, 5.41) is 0. The van der Waals surface area contributed by atoms with E-state index in [1.807, 2.05) is 6.07 Å². The topological polar surface area (TPSA) is 81.6 Å². The van der Waals surface area contributed by atoms with Gasteiger partial charge in [-0.15, -0.1) is 0 Å². The minimum Gasteiger partial charge on any atom is -0.312 e. The van der Waals surface area contributed by atoms with Gasteiger partial charge in [-0.25, -0.2) is 19.1 Å². The molecule has 3 aliphatic heterocycles. The predicted octanol–water partition coefficient (Wildman–Crippen LogP) is -0.331. The van der Waals surface area contributed by atoms with Gasteiger partial charge in [0, 0.05) is 19.7 Å². The van der Waals surface area contributed by atoms with E-state index in [0.717, 1.165) is 4.57 Å². The number of rotatable bonds is 1. The molecular formula is C16H17N5O3. The average molecular weight is 327 g/mol. The maximum atomic E-state index is 13.2. The van der Waals surface area contributed by atoms with E-state index >= 15 is 0 Å². The van der Waals surface area contributed by atoms with Crippen molar-refractivity contribution in [1.82, 2.24) is 18.8 Å². The largest absolute Gasteiger partial charge is 0.350 e. The Morgan fingerprint density at radius 2 is 1.54 bits per heavy atom. The summed E-state index contributed by atoms with van der Waals surface area (Å²) in [4.78, 5) is 44.8. The SMILES string of the molecule is CC1=NC2(c3ccccc3)C(=O)N(C)C1(C)n1c(=O)n(C)c(=O)n12. The second-order valence-electron chi connectivity index (χ2n) is 6.37. The second-order valence-corrected chi connectivity index (χ2v) is 6.37. The molecule has 2 atom stereocenters. The van der Waals surface area contributed by atoms with Gasteiger partial charge in [0.2, 0.25) is 0 Å². The molecule has 24 heavy (non-hydrogen) atoms. The second kappa shape index (κ2) is 4.14. The number of hydrogen-bond acceptors (Lipinski definition) is 4. The molecule has 124 valence electrons. The molecule has 0 fully saturated rings. The zero-order valence-corrected chi connectivity index (χ0v) is 13.8. The number of fused-ring (bicyclic) bond motifs is 1. The molecule has 1 aromatic carbocycles. The lowest BCUT2D eigenvalue weighted by atomic mass is 9.89. The Morgan fingerprint density at radius 3 is 2.17 bits per heavy atom. The lowest BCUT2D eigenvalue weighted by molar-refractivity contribution is -0.155. The van der Waals surface area contributed by atoms with E-state index in [1.165, 1.54) is 21.3 Å². The first-order chi connectivity index (χ1) is 11.3. The molecule has 5 rings (SSSR count). The maximum absolute atomic E-state index is 13.2. The summed E-state index contributed by atoms with van der Waals surface area (Å²) in [7, 11) is 3.04. The van der Waals surface area contributed by atoms with Gasteiger partial charge >= 0.3 is 11.4 Å². The lowest BCUT2D eigenvalue weighted by Gasteiger charge is -2.53. The highest BCUT2D eigenvalue weighted by atomic mass is 16.2. The third-order valence-corrected chi connectivity index (χ3v) is 5.30. The van der Waals surface area contributed by atoms with Crippen LogP contribution in [0.3, 0.4) is 0 Å². The van der Waals surface area contributed by atoms with Crippen molar-refractivity contribution in [3.05, 3.63) is 56.9 Å². The van der Waals surface area contributed by atoms with E-state index in [-0.39, 0.29) is 5.91 Å². The molecule has 2 unspecified atom stereocenters. The Balaban J connectivity index is 2.27. The minimum atomic E-state index is -1.59. The first-order valence-corrected chi connectivity index (χ1v) is 7.60. The quantitative estimate of drug-likeness (QED) is 0.719. The van der Waals surface area contributed by atoms with Crippen molar-refractivity contribution < 1.29 is 4.79 Å². The van der Waals surface area contributed by atoms with Gasteiger partial charge < -0.3 is 4.90 Å². The summed E-state index contributed by atoms with van der Waals surface area (Å²) in [5.41, 5.74) is -2.59. The summed E-state index contributed by atoms with van der Waals surface area (Å²) in [5.74, 6) is -0.338. The van der Waals surface area contributed by atoms with Gasteiger partial charge in [0.15, 0.2) is 5.66 Å². The highest BCUT2D eigenvalue weighted by Gasteiger charge is 2.62. The summed E-state index contributed by atoms with van der Waals surface area (Å²) in [6.45, 7) is 3.49. The molecule has 1 amide bonds. The van der Waals surface area contributed by atoms with Gasteiger partial charge in [-0.1, -0.05) is 30.3 Å². The van der Waals surface area contributed by atoms with Gasteiger partial charge in [-0.3, -0.25) is 4.79 Å². The molecule has 0 aliphatic carbocycles. The van der Waals surface area contributed by atoms with Gasteiger partial charge in [0.1, 0.15) is 0 Å². The van der Waals surface area contributed by atoms with Crippen molar-refractivity contribution in [2.45, 2.75) is 25.2 Å². The van der Waals surface area contributed by atoms with E-state index in [1.54, 1.807) is 45.2 Å². The Bertz CT molecular complexity index is 1030. The van der Waals surface area contributed by atoms with Crippen molar-refractivity contribution in [3.63, 3.8) is 0 Å². The molecule has 0 saturated carbocycles. The Kier molecular flexibility index (Phi) is 2.53. The van der Waals surface area contributed by atoms with Gasteiger partial charge in [-0.05, 0) is 13.8 Å². The first-order valence-electron chi connectivity index (χ1n) is 7.60. The number of carbonyl (C=O) groups is 1. The molecular weight excluding hydrogens is 310 g/mol. The fourth-order valence-corrected chi connectivity index (χ4v) is 3.69. The number of nitrogens with zero attached hydrogens (tertiary/aromatic N) is 5. The van der Waals surface area contributed by atoms with Crippen LogP contribution in [0.25, 0.3) is 0 Å². The summed E-state index contributed by atoms with van der Waals surface area (Å²) < 4.78 is 3.54. The highest BCUT2D eigenvalue weighted by molar-refractivity contribution is 6.02. The van der Waals surface area contributed by atoms with Crippen molar-refractivity contribution >= 4 is 11.6 Å². The standard InChI is InChI=1S/C16H17N5O3/c1-10-15(2)19(4)12(22)16(17-10,11-8-6-5-7-9-11)21-14(24)18(3)13(23)20(15)21/h5-9H,1-4H3. The number of likely N-dealkylation sites (N-methyl/N-ethyl adjacent to an activating group) is 1. The Morgan fingerprint density at radius 1 is 0.958 bits per heavy atom. The van der Waals surface area contributed by atoms with E-state index < -0.39 is 22.7 Å². The molecule has 0 N–H and O–H groups in total. The lowest BCUT2D eigenvalue weighted by Crippen LogP contribution is -2.74. The number of hydrogen-bond donors (Lipinski definition) is 0. The Hall–Kier alpha value is -2.90. The number of aliphatic imine (C=N–C) groups is 1. The smallest absolute Gasteiger partial charge is 0.312 e. The zero-order valence-electron chi connectivity index (χ0n) is 13.8. The fraction of sp³-hybridized carbons (Fsp3) is 0.375. The molecule has 8 nitrogen and oxygen atoms in total. The van der Waals surface area contributed by atoms with E-state index in [9.17, 15) is 14.4 Å². The third-order valence-electron chi connectivity index (χ3n) is 5.30. The maximum Gasteiger partial charge on any atom is 0.350 e. The highest BCUT2D eigenvalue weighted by Crippen LogP contribution is 2.43. The van der Waals surface area contributed by atoms with Crippen LogP contribution >= 0.6 is 0 Å². The normalized spacial score (nSPS) is 28.1. The number of carbonyl (C=O) groups excluding carboxylic acids is 1. The molecule has 1 aromatic heterocycles. The monoisotopic (exact) mass is 327 g/mol. The van der Waals surface area contributed by atoms with E-state index in [2.05, 4.69) is 4.99 Å². The molecule has 3 aliphatic rings. The molecule has 8 heteroatoms. The van der Waals surface area contributed by atoms with Crippen LogP contribution in [0.4, 0.5) is 0 Å². The van der Waals surface area contributed by atoms with E-state index in [4.69, 9.17) is 0 Å². The molecule has 2 bridgehead atoms. The molecule has 4 heterocycles. The van der Waals surface area contributed by atoms with Gasteiger partial charge in [0.25, 0.3) is 11.6 Å². The molecule has 0 radical (unpaired) electrons. The summed E-state index contributed by atoms with van der Waals surface area (Å²) >= 11 is 0. The van der Waals surface area contributed by atoms with Crippen molar-refractivity contribution in [1.29, 1.82) is 0 Å². The van der Waals surface area contributed by atoms with E-state index in [0.29, 0.717) is 11.3 Å². The van der Waals surface area contributed by atoms with Crippen LogP contribution in [0.1, 0.15) is 19.4 Å². The summed E-state index contributed by atoms with van der Waals surface area (Å²) in [6.07, 6.45) is 0. The van der Waals surface area contributed by atoms with Crippen LogP contribution in [0.2, 0.25) is 0 Å². The molecule has 0 saturated heterocycles. The predicted molar refractivity (Wildman–Crippen MR) is 87.0 cm³/mol. The Labute approximate surface area is 137 Å². The van der Waals surface area contributed by atoms with Gasteiger partial charge in [0.05, 0.1) is 5.71 Å². The van der Waals surface area contributed by atoms with Crippen molar-refractivity contribution in [2.75, 3.05) is 7.05 Å². The number of aromatic nitrogens is 3. The molecule has 0 spiro atoms. The summed E-state index contributed by atoms with van der Waals surface area (Å²) in [6, 6.07) is 8.86. The van der Waals surface area contributed by atoms with Crippen molar-refractivity contribution in [3.8, 4) is 0 Å². The fourth-order valence-electron chi connectivity index (χ4n) is 3.69. The van der Waals surface area contributed by atoms with Crippen LogP contribution in [0, 0.1) is 0 Å². The van der Waals surface area contributed by atoms with Crippen molar-refractivity contribution in [2.24, 2.45) is 12.0 Å². The van der Waals surface area contributed by atoms with Crippen LogP contribution in [0.15, 0.2) is 44.9 Å². The minimum absolute atomic E-state index is 0.338.